The first-order valence-electron chi connectivity index (χ1n) is 6.42. The summed E-state index contributed by atoms with van der Waals surface area (Å²) >= 11 is 0. The molecule has 0 bridgehead atoms. The summed E-state index contributed by atoms with van der Waals surface area (Å²) in [6.45, 7) is 4.94. The molecule has 8 heteroatoms. The van der Waals surface area contributed by atoms with Crippen molar-refractivity contribution in [2.45, 2.75) is 18.7 Å². The number of hydrogen-bond donors (Lipinski definition) is 1. The first kappa shape index (κ1) is 17.5. The Kier molecular flexibility index (Phi) is 5.43. The quantitative estimate of drug-likeness (QED) is 0.607. The van der Waals surface area contributed by atoms with Crippen molar-refractivity contribution in [2.24, 2.45) is 5.41 Å². The molecule has 0 unspecified atom stereocenters. The average Bonchev–Trinajstić information content (AvgIpc) is 2.35. The summed E-state index contributed by atoms with van der Waals surface area (Å²) in [6.07, 6.45) is 0. The van der Waals surface area contributed by atoms with Crippen LogP contribution >= 0.6 is 0 Å². The number of benzene rings is 1. The molecule has 7 nitrogen and oxygen atoms in total. The second-order valence-corrected chi connectivity index (χ2v) is 7.74. The van der Waals surface area contributed by atoms with Crippen LogP contribution in [0.3, 0.4) is 0 Å². The molecule has 1 rings (SSSR count). The second-order valence-electron chi connectivity index (χ2n) is 5.98. The zero-order valence-corrected chi connectivity index (χ0v) is 13.5. The number of nitro benzene ring substituents is 1. The molecule has 0 heterocycles. The highest BCUT2D eigenvalue weighted by atomic mass is 32.2. The normalized spacial score (nSPS) is 12.6. The number of sulfonamides is 1. The van der Waals surface area contributed by atoms with Crippen LogP contribution < -0.4 is 4.72 Å². The first-order valence-corrected chi connectivity index (χ1v) is 7.91. The predicted octanol–water partition coefficient (Wildman–Crippen LogP) is 1.46. The van der Waals surface area contributed by atoms with Crippen molar-refractivity contribution < 1.29 is 13.3 Å². The highest BCUT2D eigenvalue weighted by Gasteiger charge is 2.23. The summed E-state index contributed by atoms with van der Waals surface area (Å²) < 4.78 is 26.8. The molecule has 0 aliphatic carbocycles. The third-order valence-corrected chi connectivity index (χ3v) is 4.26. The third kappa shape index (κ3) is 5.41. The van der Waals surface area contributed by atoms with E-state index in [-0.39, 0.29) is 22.5 Å². The van der Waals surface area contributed by atoms with Crippen LogP contribution in [0.15, 0.2) is 29.2 Å². The van der Waals surface area contributed by atoms with Gasteiger partial charge in [-0.2, -0.15) is 0 Å². The molecule has 0 aliphatic rings. The first-order chi connectivity index (χ1) is 9.53. The Balaban J connectivity index is 2.80. The van der Waals surface area contributed by atoms with Crippen molar-refractivity contribution in [3.8, 4) is 0 Å². The smallest absolute Gasteiger partial charge is 0.269 e. The van der Waals surface area contributed by atoms with Crippen LogP contribution in [0.1, 0.15) is 13.8 Å². The maximum Gasteiger partial charge on any atom is 0.269 e. The van der Waals surface area contributed by atoms with Crippen LogP contribution in [0.25, 0.3) is 0 Å². The SMILES string of the molecule is CN(C)CC(C)(C)CNS(=O)(=O)c1ccc([N+](=O)[O-])cc1. The molecule has 1 aromatic rings. The number of nitrogens with zero attached hydrogens (tertiary/aromatic N) is 2. The zero-order valence-electron chi connectivity index (χ0n) is 12.7. The molecule has 0 radical (unpaired) electrons. The van der Waals surface area contributed by atoms with E-state index in [1.807, 2.05) is 32.8 Å². The van der Waals surface area contributed by atoms with Gasteiger partial charge in [-0.05, 0) is 31.6 Å². The Labute approximate surface area is 125 Å². The second kappa shape index (κ2) is 6.50. The fourth-order valence-corrected chi connectivity index (χ4v) is 3.27. The summed E-state index contributed by atoms with van der Waals surface area (Å²) in [5.41, 5.74) is -0.362. The molecule has 0 amide bonds. The monoisotopic (exact) mass is 315 g/mol. The lowest BCUT2D eigenvalue weighted by Gasteiger charge is -2.28. The van der Waals surface area contributed by atoms with E-state index in [0.717, 1.165) is 6.54 Å². The lowest BCUT2D eigenvalue weighted by atomic mass is 9.93. The minimum atomic E-state index is -3.66. The maximum atomic E-state index is 12.2. The minimum absolute atomic E-state index is 0.0220. The maximum absolute atomic E-state index is 12.2. The van der Waals surface area contributed by atoms with Crippen molar-refractivity contribution in [3.05, 3.63) is 34.4 Å². The molecular weight excluding hydrogens is 294 g/mol. The van der Waals surface area contributed by atoms with Gasteiger partial charge in [-0.25, -0.2) is 13.1 Å². The lowest BCUT2D eigenvalue weighted by Crippen LogP contribution is -2.39. The van der Waals surface area contributed by atoms with Crippen molar-refractivity contribution in [2.75, 3.05) is 27.2 Å². The zero-order chi connectivity index (χ0) is 16.3. The molecule has 0 saturated carbocycles. The standard InChI is InChI=1S/C13H21N3O4S/c1-13(2,10-15(3)4)9-14-21(19,20)12-7-5-11(6-8-12)16(17)18/h5-8,14H,9-10H2,1-4H3. The minimum Gasteiger partial charge on any atom is -0.309 e. The summed E-state index contributed by atoms with van der Waals surface area (Å²) in [7, 11) is 0.184. The van der Waals surface area contributed by atoms with E-state index in [1.165, 1.54) is 24.3 Å². The molecule has 118 valence electrons. The topological polar surface area (TPSA) is 92.6 Å². The van der Waals surface area contributed by atoms with Crippen molar-refractivity contribution in [1.82, 2.24) is 9.62 Å². The van der Waals surface area contributed by atoms with E-state index in [0.29, 0.717) is 0 Å². The van der Waals surface area contributed by atoms with E-state index in [1.54, 1.807) is 0 Å². The van der Waals surface area contributed by atoms with Gasteiger partial charge < -0.3 is 4.90 Å². The van der Waals surface area contributed by atoms with Crippen LogP contribution in [0.2, 0.25) is 0 Å². The molecule has 1 aromatic carbocycles. The molecule has 21 heavy (non-hydrogen) atoms. The van der Waals surface area contributed by atoms with Gasteiger partial charge in [-0.3, -0.25) is 10.1 Å². The van der Waals surface area contributed by atoms with Crippen molar-refractivity contribution in [1.29, 1.82) is 0 Å². The number of nitrogens with one attached hydrogen (secondary N) is 1. The Bertz CT molecular complexity index is 594. The molecule has 0 spiro atoms. The number of nitro groups is 1. The summed E-state index contributed by atoms with van der Waals surface area (Å²) in [5, 5.41) is 10.6. The van der Waals surface area contributed by atoms with Gasteiger partial charge in [0.2, 0.25) is 10.0 Å². The van der Waals surface area contributed by atoms with E-state index >= 15 is 0 Å². The van der Waals surface area contributed by atoms with Crippen LogP contribution in [-0.2, 0) is 10.0 Å². The molecule has 0 aliphatic heterocycles. The van der Waals surface area contributed by atoms with Gasteiger partial charge in [0.05, 0.1) is 9.82 Å². The van der Waals surface area contributed by atoms with E-state index in [4.69, 9.17) is 0 Å². The van der Waals surface area contributed by atoms with Crippen LogP contribution in [-0.4, -0.2) is 45.4 Å². The van der Waals surface area contributed by atoms with Gasteiger partial charge in [-0.1, -0.05) is 13.8 Å². The van der Waals surface area contributed by atoms with Crippen LogP contribution in [0, 0.1) is 15.5 Å². The van der Waals surface area contributed by atoms with Gasteiger partial charge in [0.1, 0.15) is 0 Å². The Morgan fingerprint density at radius 3 is 2.19 bits per heavy atom. The van der Waals surface area contributed by atoms with Crippen LogP contribution in [0.4, 0.5) is 5.69 Å². The Morgan fingerprint density at radius 2 is 1.76 bits per heavy atom. The van der Waals surface area contributed by atoms with Crippen molar-refractivity contribution in [3.63, 3.8) is 0 Å². The van der Waals surface area contributed by atoms with E-state index < -0.39 is 14.9 Å². The van der Waals surface area contributed by atoms with Gasteiger partial charge in [0, 0.05) is 25.2 Å². The highest BCUT2D eigenvalue weighted by molar-refractivity contribution is 7.89. The molecule has 0 saturated heterocycles. The summed E-state index contributed by atoms with van der Waals surface area (Å²) in [4.78, 5) is 12.0. The fraction of sp³-hybridized carbons (Fsp3) is 0.538. The number of non-ortho nitro benzene ring substituents is 1. The van der Waals surface area contributed by atoms with Crippen molar-refractivity contribution >= 4 is 15.7 Å². The molecule has 0 fully saturated rings. The average molecular weight is 315 g/mol. The predicted molar refractivity (Wildman–Crippen MR) is 80.6 cm³/mol. The summed E-state index contributed by atoms with van der Waals surface area (Å²) in [6, 6.07) is 4.83. The van der Waals surface area contributed by atoms with Gasteiger partial charge in [0.25, 0.3) is 5.69 Å². The highest BCUT2D eigenvalue weighted by Crippen LogP contribution is 2.18. The van der Waals surface area contributed by atoms with Gasteiger partial charge in [-0.15, -0.1) is 0 Å². The van der Waals surface area contributed by atoms with Crippen LogP contribution in [0.5, 0.6) is 0 Å². The van der Waals surface area contributed by atoms with Gasteiger partial charge >= 0.3 is 0 Å². The third-order valence-electron chi connectivity index (χ3n) is 2.84. The largest absolute Gasteiger partial charge is 0.309 e. The molecule has 0 aromatic heterocycles. The molecule has 0 atom stereocenters. The van der Waals surface area contributed by atoms with Gasteiger partial charge in [0.15, 0.2) is 0 Å². The number of rotatable bonds is 7. The van der Waals surface area contributed by atoms with E-state index in [2.05, 4.69) is 4.72 Å². The molecule has 1 N–H and O–H groups in total. The lowest BCUT2D eigenvalue weighted by molar-refractivity contribution is -0.384. The Hall–Kier alpha value is -1.51. The summed E-state index contributed by atoms with van der Waals surface area (Å²) in [5.74, 6) is 0. The van der Waals surface area contributed by atoms with E-state index in [9.17, 15) is 18.5 Å². The molecular formula is C13H21N3O4S. The number of hydrogen-bond acceptors (Lipinski definition) is 5. The Morgan fingerprint density at radius 1 is 1.24 bits per heavy atom. The fourth-order valence-electron chi connectivity index (χ4n) is 2.03.